The molecule has 0 aliphatic heterocycles. The van der Waals surface area contributed by atoms with Gasteiger partial charge in [-0.1, -0.05) is 60.4 Å². The van der Waals surface area contributed by atoms with Crippen LogP contribution in [0, 0.1) is 11.8 Å². The van der Waals surface area contributed by atoms with Crippen LogP contribution in [0.5, 0.6) is 0 Å². The van der Waals surface area contributed by atoms with E-state index in [1.165, 1.54) is 0 Å². The summed E-state index contributed by atoms with van der Waals surface area (Å²) >= 11 is 0. The van der Waals surface area contributed by atoms with Gasteiger partial charge in [-0.05, 0) is 22.3 Å². The Hall–Kier alpha value is -3.73. The first kappa shape index (κ1) is 19.6. The molecule has 1 heterocycles. The molecule has 1 aliphatic carbocycles. The SMILES string of the molecule is O=C(NCC#Cc1cn[nH]c1C(F)(F)F)OCC1c2ccccc2-c2ccccc21. The van der Waals surface area contributed by atoms with Gasteiger partial charge in [-0.2, -0.15) is 18.3 Å². The number of halogens is 3. The average Bonchev–Trinajstić information content (AvgIpc) is 3.33. The van der Waals surface area contributed by atoms with Crippen molar-refractivity contribution in [2.45, 2.75) is 12.1 Å². The molecular weight excluding hydrogens is 395 g/mol. The van der Waals surface area contributed by atoms with Gasteiger partial charge in [-0.15, -0.1) is 0 Å². The maximum atomic E-state index is 12.7. The smallest absolute Gasteiger partial charge is 0.434 e. The first-order valence-corrected chi connectivity index (χ1v) is 9.13. The van der Waals surface area contributed by atoms with Crippen molar-refractivity contribution in [3.05, 3.63) is 77.1 Å². The summed E-state index contributed by atoms with van der Waals surface area (Å²) < 4.78 is 43.6. The topological polar surface area (TPSA) is 67.0 Å². The highest BCUT2D eigenvalue weighted by Gasteiger charge is 2.35. The molecule has 0 saturated carbocycles. The highest BCUT2D eigenvalue weighted by atomic mass is 19.4. The molecule has 0 radical (unpaired) electrons. The van der Waals surface area contributed by atoms with Crippen LogP contribution in [-0.2, 0) is 10.9 Å². The molecule has 5 nitrogen and oxygen atoms in total. The maximum Gasteiger partial charge on any atom is 0.434 e. The van der Waals surface area contributed by atoms with E-state index >= 15 is 0 Å². The minimum absolute atomic E-state index is 0.0745. The number of carbonyl (C=O) groups is 1. The number of amides is 1. The normalized spacial score (nSPS) is 12.5. The molecule has 1 aliphatic rings. The van der Waals surface area contributed by atoms with Gasteiger partial charge in [0.2, 0.25) is 0 Å². The van der Waals surface area contributed by atoms with Gasteiger partial charge in [0.1, 0.15) is 6.61 Å². The van der Waals surface area contributed by atoms with Crippen molar-refractivity contribution in [1.29, 1.82) is 0 Å². The average molecular weight is 411 g/mol. The minimum atomic E-state index is -4.57. The van der Waals surface area contributed by atoms with Crippen LogP contribution in [0.4, 0.5) is 18.0 Å². The number of nitrogens with one attached hydrogen (secondary N) is 2. The minimum Gasteiger partial charge on any atom is -0.449 e. The Bertz CT molecular complexity index is 1100. The van der Waals surface area contributed by atoms with Gasteiger partial charge in [-0.3, -0.25) is 5.10 Å². The number of alkyl carbamates (subject to hydrolysis) is 1. The molecule has 4 rings (SSSR count). The molecule has 152 valence electrons. The largest absolute Gasteiger partial charge is 0.449 e. The third-order valence-corrected chi connectivity index (χ3v) is 4.81. The summed E-state index contributed by atoms with van der Waals surface area (Å²) in [6.07, 6.45) is -4.27. The van der Waals surface area contributed by atoms with E-state index in [9.17, 15) is 18.0 Å². The van der Waals surface area contributed by atoms with Crippen molar-refractivity contribution in [2.24, 2.45) is 0 Å². The van der Waals surface area contributed by atoms with Gasteiger partial charge < -0.3 is 10.1 Å². The van der Waals surface area contributed by atoms with Gasteiger partial charge >= 0.3 is 12.3 Å². The van der Waals surface area contributed by atoms with Crippen LogP contribution in [0.3, 0.4) is 0 Å². The Labute approximate surface area is 170 Å². The summed E-state index contributed by atoms with van der Waals surface area (Å²) in [5.74, 6) is 4.74. The van der Waals surface area contributed by atoms with Crippen LogP contribution >= 0.6 is 0 Å². The lowest BCUT2D eigenvalue weighted by Gasteiger charge is -2.14. The van der Waals surface area contributed by atoms with E-state index in [1.807, 2.05) is 53.6 Å². The maximum absolute atomic E-state index is 12.7. The molecule has 0 bridgehead atoms. The quantitative estimate of drug-likeness (QED) is 0.631. The first-order valence-electron chi connectivity index (χ1n) is 9.13. The zero-order valence-corrected chi connectivity index (χ0v) is 15.6. The Balaban J connectivity index is 1.35. The molecule has 0 saturated heterocycles. The van der Waals surface area contributed by atoms with Crippen LogP contribution in [0.15, 0.2) is 54.7 Å². The lowest BCUT2D eigenvalue weighted by atomic mass is 9.98. The number of fused-ring (bicyclic) bond motifs is 3. The van der Waals surface area contributed by atoms with Crippen molar-refractivity contribution >= 4 is 6.09 Å². The monoisotopic (exact) mass is 411 g/mol. The number of rotatable bonds is 3. The van der Waals surface area contributed by atoms with Crippen molar-refractivity contribution < 1.29 is 22.7 Å². The molecule has 1 amide bonds. The van der Waals surface area contributed by atoms with E-state index in [4.69, 9.17) is 4.74 Å². The molecule has 3 aromatic rings. The van der Waals surface area contributed by atoms with Crippen molar-refractivity contribution in [1.82, 2.24) is 15.5 Å². The van der Waals surface area contributed by atoms with E-state index in [0.717, 1.165) is 28.5 Å². The molecule has 1 aromatic heterocycles. The van der Waals surface area contributed by atoms with Crippen molar-refractivity contribution in [2.75, 3.05) is 13.2 Å². The zero-order chi connectivity index (χ0) is 21.1. The number of benzene rings is 2. The number of H-pyrrole nitrogens is 1. The van der Waals surface area contributed by atoms with E-state index in [1.54, 1.807) is 0 Å². The standard InChI is InChI=1S/C22H16F3N3O2/c23-22(24,25)20-14(12-27-28-20)6-5-11-26-21(29)30-13-19-17-9-3-1-7-15(17)16-8-2-4-10-18(16)19/h1-4,7-10,12,19H,11,13H2,(H,26,29)(H,27,28). The number of aromatic amines is 1. The number of carbonyl (C=O) groups excluding carboxylic acids is 1. The lowest BCUT2D eigenvalue weighted by molar-refractivity contribution is -0.141. The van der Waals surface area contributed by atoms with Crippen LogP contribution in [0.1, 0.15) is 28.3 Å². The Morgan fingerprint density at radius 1 is 1.10 bits per heavy atom. The summed E-state index contributed by atoms with van der Waals surface area (Å²) in [4.78, 5) is 12.0. The number of alkyl halides is 3. The molecular formula is C22H16F3N3O2. The van der Waals surface area contributed by atoms with Crippen LogP contribution in [0.2, 0.25) is 0 Å². The van der Waals surface area contributed by atoms with Gasteiger partial charge in [0.15, 0.2) is 5.69 Å². The highest BCUT2D eigenvalue weighted by molar-refractivity contribution is 5.79. The second-order valence-corrected chi connectivity index (χ2v) is 6.64. The summed E-state index contributed by atoms with van der Waals surface area (Å²) in [6, 6.07) is 15.9. The van der Waals surface area contributed by atoms with Gasteiger partial charge in [-0.25, -0.2) is 4.79 Å². The number of hydrogen-bond acceptors (Lipinski definition) is 3. The predicted octanol–water partition coefficient (Wildman–Crippen LogP) is 4.32. The molecule has 8 heteroatoms. The fourth-order valence-electron chi connectivity index (χ4n) is 3.50. The fourth-order valence-corrected chi connectivity index (χ4v) is 3.50. The number of hydrogen-bond donors (Lipinski definition) is 2. The van der Waals surface area contributed by atoms with E-state index < -0.39 is 18.0 Å². The fraction of sp³-hybridized carbons (Fsp3) is 0.182. The van der Waals surface area contributed by atoms with E-state index in [0.29, 0.717) is 0 Å². The lowest BCUT2D eigenvalue weighted by Crippen LogP contribution is -2.26. The van der Waals surface area contributed by atoms with Gasteiger partial charge in [0, 0.05) is 5.92 Å². The van der Waals surface area contributed by atoms with Crippen molar-refractivity contribution in [3.8, 4) is 23.0 Å². The Morgan fingerprint density at radius 2 is 1.73 bits per heavy atom. The van der Waals surface area contributed by atoms with E-state index in [-0.39, 0.29) is 24.6 Å². The van der Waals surface area contributed by atoms with E-state index in [2.05, 4.69) is 22.3 Å². The molecule has 2 N–H and O–H groups in total. The number of nitrogens with zero attached hydrogens (tertiary/aromatic N) is 1. The van der Waals surface area contributed by atoms with Gasteiger partial charge in [0.25, 0.3) is 0 Å². The third-order valence-electron chi connectivity index (χ3n) is 4.81. The molecule has 0 spiro atoms. The highest BCUT2D eigenvalue weighted by Crippen LogP contribution is 2.44. The molecule has 0 atom stereocenters. The number of aromatic nitrogens is 2. The summed E-state index contributed by atoms with van der Waals surface area (Å²) in [5.41, 5.74) is 3.12. The molecule has 0 fully saturated rings. The molecule has 30 heavy (non-hydrogen) atoms. The zero-order valence-electron chi connectivity index (χ0n) is 15.6. The first-order chi connectivity index (χ1) is 14.4. The second kappa shape index (κ2) is 7.95. The van der Waals surface area contributed by atoms with Crippen LogP contribution < -0.4 is 5.32 Å². The summed E-state index contributed by atoms with van der Waals surface area (Å²) in [7, 11) is 0. The second-order valence-electron chi connectivity index (χ2n) is 6.64. The van der Waals surface area contributed by atoms with Crippen LogP contribution in [-0.4, -0.2) is 29.4 Å². The van der Waals surface area contributed by atoms with Crippen molar-refractivity contribution in [3.63, 3.8) is 0 Å². The third kappa shape index (κ3) is 3.87. The van der Waals surface area contributed by atoms with Gasteiger partial charge in [0.05, 0.1) is 18.3 Å². The number of ether oxygens (including phenoxy) is 1. The summed E-state index contributed by atoms with van der Waals surface area (Å²) in [6.45, 7) is -0.00755. The Morgan fingerprint density at radius 3 is 2.37 bits per heavy atom. The summed E-state index contributed by atoms with van der Waals surface area (Å²) in [5, 5.41) is 7.66. The molecule has 2 aromatic carbocycles. The molecule has 0 unspecified atom stereocenters. The van der Waals surface area contributed by atoms with Crippen LogP contribution in [0.25, 0.3) is 11.1 Å². The Kier molecular flexibility index (Phi) is 5.19. The predicted molar refractivity (Wildman–Crippen MR) is 104 cm³/mol.